The van der Waals surface area contributed by atoms with Gasteiger partial charge in [0, 0.05) is 24.0 Å². The number of thiophene rings is 1. The number of carbonyl (C=O) groups is 1. The highest BCUT2D eigenvalue weighted by Gasteiger charge is 2.33. The maximum Gasteiger partial charge on any atom is 0.309 e. The Morgan fingerprint density at radius 3 is 2.70 bits per heavy atom. The van der Waals surface area contributed by atoms with Gasteiger partial charge in [-0.05, 0) is 73.2 Å². The zero-order valence-corrected chi connectivity index (χ0v) is 19.7. The normalized spacial score (nSPS) is 17.6. The molecule has 0 spiro atoms. The summed E-state index contributed by atoms with van der Waals surface area (Å²) in [5.41, 5.74) is 3.25. The van der Waals surface area contributed by atoms with Gasteiger partial charge < -0.3 is 9.26 Å². The van der Waals surface area contributed by atoms with Crippen LogP contribution in [0.5, 0.6) is 0 Å². The van der Waals surface area contributed by atoms with Gasteiger partial charge in [0.25, 0.3) is 5.89 Å². The molecule has 3 aromatic rings. The molecule has 33 heavy (non-hydrogen) atoms. The van der Waals surface area contributed by atoms with Crippen LogP contribution < -0.4 is 0 Å². The summed E-state index contributed by atoms with van der Waals surface area (Å²) in [6.07, 6.45) is 5.05. The number of benzene rings is 1. The van der Waals surface area contributed by atoms with E-state index in [1.807, 2.05) is 29.0 Å². The van der Waals surface area contributed by atoms with Gasteiger partial charge in [-0.2, -0.15) is 20.6 Å². The van der Waals surface area contributed by atoms with Crippen molar-refractivity contribution in [3.8, 4) is 11.4 Å². The Bertz CT molecular complexity index is 1230. The minimum atomic E-state index is -3.57. The van der Waals surface area contributed by atoms with Gasteiger partial charge in [-0.15, -0.1) is 0 Å². The molecular formula is C23H25N3O5S2. The van der Waals surface area contributed by atoms with Crippen molar-refractivity contribution in [3.63, 3.8) is 0 Å². The van der Waals surface area contributed by atoms with Crippen molar-refractivity contribution in [2.24, 2.45) is 5.92 Å². The first-order valence-corrected chi connectivity index (χ1v) is 13.5. The van der Waals surface area contributed by atoms with Crippen molar-refractivity contribution >= 4 is 27.3 Å². The van der Waals surface area contributed by atoms with E-state index in [9.17, 15) is 13.2 Å². The van der Waals surface area contributed by atoms with Gasteiger partial charge in [0.05, 0.1) is 10.8 Å². The molecule has 174 valence electrons. The molecule has 0 saturated carbocycles. The van der Waals surface area contributed by atoms with Gasteiger partial charge in [0.15, 0.2) is 6.61 Å². The first kappa shape index (κ1) is 22.2. The summed E-state index contributed by atoms with van der Waals surface area (Å²) in [5, 5.41) is 7.73. The number of nitrogens with zero attached hydrogens (tertiary/aromatic N) is 3. The molecule has 5 rings (SSSR count). The number of piperidine rings is 1. The summed E-state index contributed by atoms with van der Waals surface area (Å²) in [6, 6.07) is 7.39. The van der Waals surface area contributed by atoms with Crippen LogP contribution in [-0.2, 0) is 39.0 Å². The molecule has 1 saturated heterocycles. The van der Waals surface area contributed by atoms with Crippen LogP contribution in [0.4, 0.5) is 0 Å². The lowest BCUT2D eigenvalue weighted by atomic mass is 9.92. The molecule has 1 aliphatic carbocycles. The van der Waals surface area contributed by atoms with E-state index in [-0.39, 0.29) is 24.4 Å². The third-order valence-electron chi connectivity index (χ3n) is 6.33. The number of ether oxygens (including phenoxy) is 1. The Hall–Kier alpha value is -2.56. The summed E-state index contributed by atoms with van der Waals surface area (Å²) in [5.74, 6) is -0.0182. The molecule has 0 radical (unpaired) electrons. The average Bonchev–Trinajstić information content (AvgIpc) is 3.54. The van der Waals surface area contributed by atoms with Crippen LogP contribution in [0, 0.1) is 5.92 Å². The van der Waals surface area contributed by atoms with Crippen LogP contribution in [0.2, 0.25) is 0 Å². The number of hydrogen-bond donors (Lipinski definition) is 0. The Balaban J connectivity index is 1.15. The molecule has 0 unspecified atom stereocenters. The minimum Gasteiger partial charge on any atom is -0.455 e. The molecule has 2 aromatic heterocycles. The molecule has 0 N–H and O–H groups in total. The van der Waals surface area contributed by atoms with Crippen LogP contribution in [0.25, 0.3) is 11.4 Å². The van der Waals surface area contributed by atoms with Crippen molar-refractivity contribution in [3.05, 3.63) is 52.0 Å². The van der Waals surface area contributed by atoms with Gasteiger partial charge in [0.2, 0.25) is 15.8 Å². The van der Waals surface area contributed by atoms with Gasteiger partial charge >= 0.3 is 5.97 Å². The standard InChI is InChI=1S/C23H25N3O5S2/c27-23(30-14-21-24-22(25-31-21)19-9-12-32-15-19)17-7-10-26(11-8-17)33(28,29)20-6-5-16-3-1-2-4-18(16)13-20/h5-6,9,12-13,15,17H,1-4,7-8,10-11,14H2. The molecule has 1 aliphatic heterocycles. The van der Waals surface area contributed by atoms with Crippen molar-refractivity contribution < 1.29 is 22.5 Å². The van der Waals surface area contributed by atoms with E-state index >= 15 is 0 Å². The molecule has 10 heteroatoms. The number of sulfonamides is 1. The maximum absolute atomic E-state index is 13.1. The molecule has 3 heterocycles. The third-order valence-corrected chi connectivity index (χ3v) is 8.91. The van der Waals surface area contributed by atoms with Crippen LogP contribution >= 0.6 is 11.3 Å². The average molecular weight is 488 g/mol. The summed E-state index contributed by atoms with van der Waals surface area (Å²) in [7, 11) is -3.57. The summed E-state index contributed by atoms with van der Waals surface area (Å²) < 4.78 is 38.3. The summed E-state index contributed by atoms with van der Waals surface area (Å²) >= 11 is 1.53. The SMILES string of the molecule is O=C(OCc1nc(-c2ccsc2)no1)C1CCN(S(=O)(=O)c2ccc3c(c2)CCCC3)CC1. The highest BCUT2D eigenvalue weighted by atomic mass is 32.2. The Morgan fingerprint density at radius 2 is 1.94 bits per heavy atom. The minimum absolute atomic E-state index is 0.0936. The fraction of sp³-hybridized carbons (Fsp3) is 0.435. The molecule has 0 amide bonds. The van der Waals surface area contributed by atoms with Crippen molar-refractivity contribution in [1.82, 2.24) is 14.4 Å². The number of carbonyl (C=O) groups excluding carboxylic acids is 1. The molecule has 8 nitrogen and oxygen atoms in total. The zero-order valence-electron chi connectivity index (χ0n) is 18.1. The van der Waals surface area contributed by atoms with Crippen LogP contribution in [0.1, 0.15) is 42.7 Å². The molecule has 0 bridgehead atoms. The van der Waals surface area contributed by atoms with E-state index < -0.39 is 10.0 Å². The number of esters is 1. The van der Waals surface area contributed by atoms with Crippen LogP contribution in [-0.4, -0.2) is 41.9 Å². The molecular weight excluding hydrogens is 462 g/mol. The molecule has 0 atom stereocenters. The largest absolute Gasteiger partial charge is 0.455 e. The fourth-order valence-electron chi connectivity index (χ4n) is 4.42. The Morgan fingerprint density at radius 1 is 1.15 bits per heavy atom. The zero-order chi connectivity index (χ0) is 22.8. The number of rotatable bonds is 6. The smallest absolute Gasteiger partial charge is 0.309 e. The lowest BCUT2D eigenvalue weighted by molar-refractivity contribution is -0.152. The molecule has 1 aromatic carbocycles. The monoisotopic (exact) mass is 487 g/mol. The second-order valence-electron chi connectivity index (χ2n) is 8.45. The van der Waals surface area contributed by atoms with Crippen molar-refractivity contribution in [1.29, 1.82) is 0 Å². The number of fused-ring (bicyclic) bond motifs is 1. The molecule has 1 fully saturated rings. The van der Waals surface area contributed by atoms with E-state index in [1.54, 1.807) is 6.07 Å². The Kier molecular flexibility index (Phi) is 6.31. The van der Waals surface area contributed by atoms with Gasteiger partial charge in [-0.3, -0.25) is 4.79 Å². The summed E-state index contributed by atoms with van der Waals surface area (Å²) in [6.45, 7) is 0.494. The quantitative estimate of drug-likeness (QED) is 0.487. The second kappa shape index (κ2) is 9.36. The van der Waals surface area contributed by atoms with Crippen molar-refractivity contribution in [2.75, 3.05) is 13.1 Å². The predicted molar refractivity (Wildman–Crippen MR) is 122 cm³/mol. The molecule has 2 aliphatic rings. The third kappa shape index (κ3) is 4.73. The lowest BCUT2D eigenvalue weighted by Crippen LogP contribution is -2.40. The Labute approximate surface area is 196 Å². The van der Waals surface area contributed by atoms with E-state index in [4.69, 9.17) is 9.26 Å². The number of aromatic nitrogens is 2. The first-order valence-electron chi connectivity index (χ1n) is 11.1. The van der Waals surface area contributed by atoms with Crippen LogP contribution in [0.3, 0.4) is 0 Å². The van der Waals surface area contributed by atoms with Gasteiger partial charge in [0.1, 0.15) is 0 Å². The fourth-order valence-corrected chi connectivity index (χ4v) is 6.58. The van der Waals surface area contributed by atoms with Gasteiger partial charge in [-0.1, -0.05) is 11.2 Å². The first-order chi connectivity index (χ1) is 16.0. The van der Waals surface area contributed by atoms with Crippen molar-refractivity contribution in [2.45, 2.75) is 50.0 Å². The van der Waals surface area contributed by atoms with E-state index in [2.05, 4.69) is 10.1 Å². The highest BCUT2D eigenvalue weighted by Crippen LogP contribution is 2.28. The van der Waals surface area contributed by atoms with E-state index in [1.165, 1.54) is 21.2 Å². The topological polar surface area (TPSA) is 103 Å². The number of aryl methyl sites for hydroxylation is 2. The van der Waals surface area contributed by atoms with Crippen LogP contribution in [0.15, 0.2) is 44.4 Å². The maximum atomic E-state index is 13.1. The lowest BCUT2D eigenvalue weighted by Gasteiger charge is -2.30. The predicted octanol–water partition coefficient (Wildman–Crippen LogP) is 3.82. The highest BCUT2D eigenvalue weighted by molar-refractivity contribution is 7.89. The van der Waals surface area contributed by atoms with E-state index in [0.717, 1.165) is 36.8 Å². The second-order valence-corrected chi connectivity index (χ2v) is 11.2. The number of hydrogen-bond acceptors (Lipinski definition) is 8. The van der Waals surface area contributed by atoms with Gasteiger partial charge in [-0.25, -0.2) is 8.42 Å². The van der Waals surface area contributed by atoms with E-state index in [0.29, 0.717) is 36.7 Å². The summed E-state index contributed by atoms with van der Waals surface area (Å²) in [4.78, 5) is 17.1.